The molecule has 4 aromatic heterocycles. The fourth-order valence-electron chi connectivity index (χ4n) is 8.35. The smallest absolute Gasteiger partial charge is 0.167 e. The first-order chi connectivity index (χ1) is 28.2. The molecule has 0 aliphatic heterocycles. The molecule has 266 valence electrons. The summed E-state index contributed by atoms with van der Waals surface area (Å²) in [6.45, 7) is 0. The molecule has 0 aliphatic carbocycles. The standard InChI is InChI=1S/C51H29N3OS2/c1-3-13-30(14-4-1)49-52-50(31-15-5-2-6-16-31)54-51(53-49)39-21-11-20-35-40-29-32(25-28-41(40)55-47(35)39)33-26-27-36(48-46(33)38-18-8-10-23-43(38)57-48)34-19-12-24-44-45(34)37-17-7-9-22-42(37)56-44/h1-29H. The SMILES string of the molecule is c1ccc(-c2nc(-c3ccccc3)nc(-c3cccc4c3oc3ccc(-c5ccc(-c6cccc7sc8ccccc8c67)c6sc7ccccc7c56)cc34)n2)cc1. The van der Waals surface area contributed by atoms with E-state index in [-0.39, 0.29) is 0 Å². The Bertz CT molecular complexity index is 3470. The number of fused-ring (bicyclic) bond motifs is 9. The fourth-order valence-corrected chi connectivity index (χ4v) is 10.7. The van der Waals surface area contributed by atoms with Gasteiger partial charge in [0.1, 0.15) is 11.2 Å². The molecule has 0 fully saturated rings. The molecule has 0 atom stereocenters. The van der Waals surface area contributed by atoms with Crippen LogP contribution >= 0.6 is 22.7 Å². The second-order valence-corrected chi connectivity index (χ2v) is 16.4. The van der Waals surface area contributed by atoms with Gasteiger partial charge < -0.3 is 4.42 Å². The molecule has 6 heteroatoms. The average Bonchev–Trinajstić information content (AvgIpc) is 3.98. The van der Waals surface area contributed by atoms with E-state index >= 15 is 0 Å². The molecule has 8 aromatic carbocycles. The molecule has 12 aromatic rings. The Labute approximate surface area is 335 Å². The lowest BCUT2D eigenvalue weighted by molar-refractivity contribution is 0.669. The predicted octanol–water partition coefficient (Wildman–Crippen LogP) is 14.8. The Kier molecular flexibility index (Phi) is 7.24. The zero-order valence-electron chi connectivity index (χ0n) is 30.3. The van der Waals surface area contributed by atoms with Crippen LogP contribution in [0.4, 0.5) is 0 Å². The van der Waals surface area contributed by atoms with Crippen molar-refractivity contribution in [3.8, 4) is 56.4 Å². The molecule has 57 heavy (non-hydrogen) atoms. The third-order valence-corrected chi connectivity index (χ3v) is 13.3. The predicted molar refractivity (Wildman–Crippen MR) is 240 cm³/mol. The first-order valence-electron chi connectivity index (χ1n) is 18.9. The highest BCUT2D eigenvalue weighted by atomic mass is 32.1. The van der Waals surface area contributed by atoms with Crippen molar-refractivity contribution in [2.24, 2.45) is 0 Å². The minimum absolute atomic E-state index is 0.572. The van der Waals surface area contributed by atoms with Crippen LogP contribution in [0.15, 0.2) is 180 Å². The lowest BCUT2D eigenvalue weighted by Crippen LogP contribution is -2.00. The lowest BCUT2D eigenvalue weighted by atomic mass is 9.92. The number of rotatable bonds is 5. The highest BCUT2D eigenvalue weighted by Crippen LogP contribution is 2.48. The van der Waals surface area contributed by atoms with Crippen molar-refractivity contribution in [1.29, 1.82) is 0 Å². The molecule has 0 radical (unpaired) electrons. The largest absolute Gasteiger partial charge is 0.455 e. The second-order valence-electron chi connectivity index (χ2n) is 14.3. The number of hydrogen-bond donors (Lipinski definition) is 0. The van der Waals surface area contributed by atoms with E-state index < -0.39 is 0 Å². The zero-order valence-corrected chi connectivity index (χ0v) is 31.9. The molecule has 0 saturated carbocycles. The molecule has 0 saturated heterocycles. The number of benzene rings is 8. The monoisotopic (exact) mass is 763 g/mol. The molecule has 0 aliphatic rings. The van der Waals surface area contributed by atoms with E-state index in [4.69, 9.17) is 19.4 Å². The number of hydrogen-bond acceptors (Lipinski definition) is 6. The summed E-state index contributed by atoms with van der Waals surface area (Å²) in [5.74, 6) is 1.81. The van der Waals surface area contributed by atoms with Crippen LogP contribution in [-0.2, 0) is 0 Å². The van der Waals surface area contributed by atoms with Gasteiger partial charge in [0.15, 0.2) is 17.5 Å². The highest BCUT2D eigenvalue weighted by molar-refractivity contribution is 7.27. The van der Waals surface area contributed by atoms with E-state index in [1.165, 1.54) is 57.0 Å². The zero-order chi connectivity index (χ0) is 37.5. The van der Waals surface area contributed by atoms with Gasteiger partial charge in [0.05, 0.1) is 5.56 Å². The van der Waals surface area contributed by atoms with Crippen molar-refractivity contribution in [3.05, 3.63) is 176 Å². The first kappa shape index (κ1) is 32.3. The van der Waals surface area contributed by atoms with Crippen LogP contribution < -0.4 is 0 Å². The molecular formula is C51H29N3OS2. The molecule has 12 rings (SSSR count). The van der Waals surface area contributed by atoms with Crippen molar-refractivity contribution in [1.82, 2.24) is 15.0 Å². The Morgan fingerprint density at radius 2 is 0.930 bits per heavy atom. The number of furan rings is 1. The Hall–Kier alpha value is -6.99. The summed E-state index contributed by atoms with van der Waals surface area (Å²) in [5.41, 5.74) is 9.16. The van der Waals surface area contributed by atoms with Gasteiger partial charge in [-0.25, -0.2) is 15.0 Å². The molecule has 0 amide bonds. The summed E-state index contributed by atoms with van der Waals surface area (Å²) in [6, 6.07) is 62.0. The van der Waals surface area contributed by atoms with E-state index in [2.05, 4.69) is 109 Å². The summed E-state index contributed by atoms with van der Waals surface area (Å²) in [5, 5.41) is 7.27. The third kappa shape index (κ3) is 5.15. The van der Waals surface area contributed by atoms with Crippen molar-refractivity contribution in [3.63, 3.8) is 0 Å². The van der Waals surface area contributed by atoms with Gasteiger partial charge in [0, 0.05) is 67.8 Å². The van der Waals surface area contributed by atoms with E-state index in [0.717, 1.165) is 44.2 Å². The summed E-state index contributed by atoms with van der Waals surface area (Å²) in [7, 11) is 0. The molecule has 0 bridgehead atoms. The van der Waals surface area contributed by atoms with E-state index in [1.54, 1.807) is 0 Å². The summed E-state index contributed by atoms with van der Waals surface area (Å²) < 4.78 is 11.9. The van der Waals surface area contributed by atoms with Gasteiger partial charge in [0.2, 0.25) is 0 Å². The Balaban J connectivity index is 1.05. The maximum Gasteiger partial charge on any atom is 0.167 e. The molecule has 4 nitrogen and oxygen atoms in total. The molecule has 0 N–H and O–H groups in total. The van der Waals surface area contributed by atoms with Crippen LogP contribution in [0, 0.1) is 0 Å². The molecular weight excluding hydrogens is 735 g/mol. The van der Waals surface area contributed by atoms with Crippen LogP contribution in [0.1, 0.15) is 0 Å². The van der Waals surface area contributed by atoms with Gasteiger partial charge in [0.25, 0.3) is 0 Å². The van der Waals surface area contributed by atoms with Crippen LogP contribution in [0.25, 0.3) is 119 Å². The minimum Gasteiger partial charge on any atom is -0.455 e. The van der Waals surface area contributed by atoms with Crippen LogP contribution in [0.2, 0.25) is 0 Å². The maximum absolute atomic E-state index is 6.71. The maximum atomic E-state index is 6.71. The van der Waals surface area contributed by atoms with Crippen molar-refractivity contribution >= 4 is 85.0 Å². The topological polar surface area (TPSA) is 51.8 Å². The number of para-hydroxylation sites is 1. The molecule has 0 spiro atoms. The number of thiophene rings is 2. The number of nitrogens with zero attached hydrogens (tertiary/aromatic N) is 3. The highest BCUT2D eigenvalue weighted by Gasteiger charge is 2.21. The Morgan fingerprint density at radius 3 is 1.68 bits per heavy atom. The van der Waals surface area contributed by atoms with Gasteiger partial charge in [-0.3, -0.25) is 0 Å². The molecule has 0 unspecified atom stereocenters. The second kappa shape index (κ2) is 12.8. The summed E-state index contributed by atoms with van der Waals surface area (Å²) in [4.78, 5) is 15.0. The van der Waals surface area contributed by atoms with Gasteiger partial charge in [-0.1, -0.05) is 140 Å². The van der Waals surface area contributed by atoms with Gasteiger partial charge in [-0.05, 0) is 53.1 Å². The Morgan fingerprint density at radius 1 is 0.351 bits per heavy atom. The van der Waals surface area contributed by atoms with Gasteiger partial charge in [-0.2, -0.15) is 0 Å². The van der Waals surface area contributed by atoms with E-state index in [1.807, 2.05) is 89.4 Å². The van der Waals surface area contributed by atoms with Crippen molar-refractivity contribution in [2.45, 2.75) is 0 Å². The van der Waals surface area contributed by atoms with E-state index in [0.29, 0.717) is 17.5 Å². The average molecular weight is 764 g/mol. The summed E-state index contributed by atoms with van der Waals surface area (Å²) >= 11 is 3.75. The van der Waals surface area contributed by atoms with Crippen molar-refractivity contribution in [2.75, 3.05) is 0 Å². The molecule has 4 heterocycles. The summed E-state index contributed by atoms with van der Waals surface area (Å²) in [6.07, 6.45) is 0. The fraction of sp³-hybridized carbons (Fsp3) is 0. The third-order valence-electron chi connectivity index (χ3n) is 11.0. The van der Waals surface area contributed by atoms with Gasteiger partial charge >= 0.3 is 0 Å². The first-order valence-corrected chi connectivity index (χ1v) is 20.6. The normalized spacial score (nSPS) is 11.9. The van der Waals surface area contributed by atoms with E-state index in [9.17, 15) is 0 Å². The van der Waals surface area contributed by atoms with Gasteiger partial charge in [-0.15, -0.1) is 22.7 Å². The van der Waals surface area contributed by atoms with Crippen LogP contribution in [0.5, 0.6) is 0 Å². The van der Waals surface area contributed by atoms with Crippen LogP contribution in [0.3, 0.4) is 0 Å². The number of aromatic nitrogens is 3. The lowest BCUT2D eigenvalue weighted by Gasteiger charge is -2.11. The van der Waals surface area contributed by atoms with Crippen molar-refractivity contribution < 1.29 is 4.42 Å². The quantitative estimate of drug-likeness (QED) is 0.175. The van der Waals surface area contributed by atoms with Crippen LogP contribution in [-0.4, -0.2) is 15.0 Å². The minimum atomic E-state index is 0.572.